The van der Waals surface area contributed by atoms with Gasteiger partial charge in [-0.25, -0.2) is 4.79 Å². The molecule has 0 radical (unpaired) electrons. The van der Waals surface area contributed by atoms with Crippen LogP contribution in [-0.4, -0.2) is 17.8 Å². The van der Waals surface area contributed by atoms with Gasteiger partial charge < -0.3 is 14.4 Å². The lowest BCUT2D eigenvalue weighted by atomic mass is 10.1. The lowest BCUT2D eigenvalue weighted by molar-refractivity contribution is -0.677. The van der Waals surface area contributed by atoms with Crippen molar-refractivity contribution >= 4 is 5.97 Å². The van der Waals surface area contributed by atoms with E-state index < -0.39 is 5.95 Å². The van der Waals surface area contributed by atoms with Gasteiger partial charge in [0, 0.05) is 18.6 Å². The standard InChI is InChI=1S/C15H18N2O4/c1-4-20-14(18)11-5-7-12(8-6-11)17-13(9-10(2)3)15(19)21-16-17/h5-8,10H,4,9H2,1-3H3. The Hall–Kier alpha value is -2.37. The summed E-state index contributed by atoms with van der Waals surface area (Å²) in [6.07, 6.45) is 0.571. The Kier molecular flexibility index (Phi) is 4.57. The van der Waals surface area contributed by atoms with Crippen LogP contribution in [0, 0.1) is 5.92 Å². The van der Waals surface area contributed by atoms with Crippen molar-refractivity contribution in [3.63, 3.8) is 0 Å². The summed E-state index contributed by atoms with van der Waals surface area (Å²) in [6, 6.07) is 6.69. The number of ether oxygens (including phenoxy) is 1. The smallest absolute Gasteiger partial charge is 0.338 e. The molecule has 1 aromatic heterocycles. The molecule has 1 heterocycles. The van der Waals surface area contributed by atoms with Crippen molar-refractivity contribution in [3.8, 4) is 11.6 Å². The average Bonchev–Trinajstić information content (AvgIpc) is 2.80. The van der Waals surface area contributed by atoms with Crippen LogP contribution in [0.25, 0.3) is 5.69 Å². The average molecular weight is 290 g/mol. The predicted octanol–water partition coefficient (Wildman–Crippen LogP) is 1.40. The normalized spacial score (nSPS) is 10.9. The second-order valence-corrected chi connectivity index (χ2v) is 5.08. The van der Waals surface area contributed by atoms with Gasteiger partial charge in [-0.1, -0.05) is 13.8 Å². The molecule has 2 rings (SSSR count). The molecule has 6 heteroatoms. The predicted molar refractivity (Wildman–Crippen MR) is 72.0 cm³/mol. The van der Waals surface area contributed by atoms with Gasteiger partial charge >= 0.3 is 5.97 Å². The zero-order valence-corrected chi connectivity index (χ0v) is 12.3. The van der Waals surface area contributed by atoms with Crippen LogP contribution in [0.3, 0.4) is 0 Å². The molecule has 0 N–H and O–H groups in total. The Morgan fingerprint density at radius 3 is 2.62 bits per heavy atom. The lowest BCUT2D eigenvalue weighted by Crippen LogP contribution is -2.37. The minimum absolute atomic E-state index is 0.308. The van der Waals surface area contributed by atoms with E-state index in [1.165, 1.54) is 4.68 Å². The van der Waals surface area contributed by atoms with Gasteiger partial charge in [-0.2, -0.15) is 0 Å². The number of rotatable bonds is 5. The summed E-state index contributed by atoms with van der Waals surface area (Å²) < 4.78 is 11.1. The highest BCUT2D eigenvalue weighted by molar-refractivity contribution is 5.89. The van der Waals surface area contributed by atoms with E-state index in [9.17, 15) is 9.90 Å². The summed E-state index contributed by atoms with van der Waals surface area (Å²) in [6.45, 7) is 6.11. The van der Waals surface area contributed by atoms with E-state index in [-0.39, 0.29) is 5.97 Å². The molecule has 0 bridgehead atoms. The van der Waals surface area contributed by atoms with Crippen LogP contribution in [-0.2, 0) is 11.2 Å². The molecule has 0 saturated heterocycles. The SMILES string of the molecule is CCOC(=O)c1ccc(-[n+]2noc([O-])c2CC(C)C)cc1. The van der Waals surface area contributed by atoms with Gasteiger partial charge in [0.15, 0.2) is 5.95 Å². The Morgan fingerprint density at radius 1 is 1.38 bits per heavy atom. The van der Waals surface area contributed by atoms with Gasteiger partial charge in [0.2, 0.25) is 11.4 Å². The molecule has 1 aromatic carbocycles. The summed E-state index contributed by atoms with van der Waals surface area (Å²) >= 11 is 0. The topological polar surface area (TPSA) is 79.3 Å². The van der Waals surface area contributed by atoms with Crippen LogP contribution in [0.15, 0.2) is 28.8 Å². The molecule has 0 aliphatic heterocycles. The third-order valence-electron chi connectivity index (χ3n) is 2.92. The van der Waals surface area contributed by atoms with E-state index in [0.29, 0.717) is 35.9 Å². The van der Waals surface area contributed by atoms with Gasteiger partial charge in [-0.3, -0.25) is 0 Å². The summed E-state index contributed by atoms with van der Waals surface area (Å²) in [5.74, 6) is -0.499. The molecule has 0 amide bonds. The molecule has 0 fully saturated rings. The molecule has 0 aliphatic rings. The number of carbonyl (C=O) groups is 1. The van der Waals surface area contributed by atoms with Gasteiger partial charge in [-0.15, -0.1) is 0 Å². The van der Waals surface area contributed by atoms with Crippen molar-refractivity contribution < 1.29 is 23.8 Å². The van der Waals surface area contributed by atoms with Crippen molar-refractivity contribution in [3.05, 3.63) is 35.5 Å². The molecule has 6 nitrogen and oxygen atoms in total. The van der Waals surface area contributed by atoms with Gasteiger partial charge in [0.25, 0.3) is 0 Å². The number of benzene rings is 1. The summed E-state index contributed by atoms with van der Waals surface area (Å²) in [7, 11) is 0. The third-order valence-corrected chi connectivity index (χ3v) is 2.92. The Labute approximate surface area is 122 Å². The van der Waals surface area contributed by atoms with E-state index >= 15 is 0 Å². The van der Waals surface area contributed by atoms with Crippen LogP contribution in [0.1, 0.15) is 36.8 Å². The number of carbonyl (C=O) groups excluding carboxylic acids is 1. The number of aromatic nitrogens is 2. The zero-order chi connectivity index (χ0) is 15.4. The largest absolute Gasteiger partial charge is 0.539 e. The number of hydrogen-bond donors (Lipinski definition) is 0. The molecule has 0 saturated carbocycles. The van der Waals surface area contributed by atoms with Crippen LogP contribution >= 0.6 is 0 Å². The maximum atomic E-state index is 11.7. The van der Waals surface area contributed by atoms with Gasteiger partial charge in [0.1, 0.15) is 0 Å². The first kappa shape index (κ1) is 15.0. The van der Waals surface area contributed by atoms with Crippen LogP contribution in [0.2, 0.25) is 0 Å². The fraction of sp³-hybridized carbons (Fsp3) is 0.400. The molecular formula is C15H18N2O4. The highest BCUT2D eigenvalue weighted by Gasteiger charge is 2.21. The first-order valence-corrected chi connectivity index (χ1v) is 6.88. The van der Waals surface area contributed by atoms with Crippen molar-refractivity contribution in [2.75, 3.05) is 6.61 Å². The molecule has 21 heavy (non-hydrogen) atoms. The third kappa shape index (κ3) is 3.39. The van der Waals surface area contributed by atoms with E-state index in [1.807, 2.05) is 13.8 Å². The fourth-order valence-electron chi connectivity index (χ4n) is 1.98. The Balaban J connectivity index is 2.29. The maximum absolute atomic E-state index is 11.7. The van der Waals surface area contributed by atoms with Gasteiger partial charge in [-0.05, 0) is 29.7 Å². The summed E-state index contributed by atoms with van der Waals surface area (Å²) in [5.41, 5.74) is 1.62. The Morgan fingerprint density at radius 2 is 2.05 bits per heavy atom. The highest BCUT2D eigenvalue weighted by atomic mass is 16.6. The molecule has 2 aromatic rings. The van der Waals surface area contributed by atoms with Crippen molar-refractivity contribution in [1.29, 1.82) is 0 Å². The molecule has 0 unspecified atom stereocenters. The van der Waals surface area contributed by atoms with Crippen molar-refractivity contribution in [1.82, 2.24) is 5.27 Å². The van der Waals surface area contributed by atoms with Gasteiger partial charge in [0.05, 0.1) is 17.4 Å². The maximum Gasteiger partial charge on any atom is 0.338 e. The highest BCUT2D eigenvalue weighted by Crippen LogP contribution is 2.15. The second kappa shape index (κ2) is 6.39. The molecule has 112 valence electrons. The summed E-state index contributed by atoms with van der Waals surface area (Å²) in [4.78, 5) is 11.6. The molecule has 0 aliphatic carbocycles. The second-order valence-electron chi connectivity index (χ2n) is 5.08. The van der Waals surface area contributed by atoms with Crippen LogP contribution in [0.5, 0.6) is 5.95 Å². The zero-order valence-electron chi connectivity index (χ0n) is 12.3. The van der Waals surface area contributed by atoms with E-state index in [1.54, 1.807) is 31.2 Å². The monoisotopic (exact) mass is 290 g/mol. The van der Waals surface area contributed by atoms with Crippen molar-refractivity contribution in [2.24, 2.45) is 5.92 Å². The van der Waals surface area contributed by atoms with Crippen LogP contribution in [0.4, 0.5) is 0 Å². The fourth-order valence-corrected chi connectivity index (χ4v) is 1.98. The van der Waals surface area contributed by atoms with Crippen molar-refractivity contribution in [2.45, 2.75) is 27.2 Å². The minimum atomic E-state index is -0.432. The van der Waals surface area contributed by atoms with E-state index in [0.717, 1.165) is 0 Å². The quantitative estimate of drug-likeness (QED) is 0.614. The van der Waals surface area contributed by atoms with E-state index in [2.05, 4.69) is 5.27 Å². The number of esters is 1. The van der Waals surface area contributed by atoms with E-state index in [4.69, 9.17) is 9.26 Å². The van der Waals surface area contributed by atoms with Crippen LogP contribution < -0.4 is 9.79 Å². The molecule has 0 atom stereocenters. The first-order chi connectivity index (χ1) is 10.0. The number of hydrogen-bond acceptors (Lipinski definition) is 5. The summed E-state index contributed by atoms with van der Waals surface area (Å²) in [5, 5.41) is 15.4. The lowest BCUT2D eigenvalue weighted by Gasteiger charge is -2.02. The minimum Gasteiger partial charge on any atom is -0.539 e. The Bertz CT molecular complexity index is 617. The first-order valence-electron chi connectivity index (χ1n) is 6.88. The molecular weight excluding hydrogens is 272 g/mol. The molecule has 0 spiro atoms. The number of nitrogens with zero attached hydrogens (tertiary/aromatic N) is 2.